The number of imide groups is 1. The van der Waals surface area contributed by atoms with Crippen molar-refractivity contribution in [3.05, 3.63) is 88.6 Å². The second-order valence-electron chi connectivity index (χ2n) is 17.4. The largest absolute Gasteiger partial charge is 0.494 e. The number of hydrogen-bond donors (Lipinski definition) is 4. The number of carbonyl (C=O) groups excluding carboxylic acids is 4. The Kier molecular flexibility index (Phi) is 14.6. The lowest BCUT2D eigenvalue weighted by atomic mass is 10.0. The smallest absolute Gasteiger partial charge is 0.255 e. The van der Waals surface area contributed by atoms with Gasteiger partial charge in [0.15, 0.2) is 5.82 Å². The fourth-order valence-electron chi connectivity index (χ4n) is 9.09. The lowest BCUT2D eigenvalue weighted by molar-refractivity contribution is -0.137. The summed E-state index contributed by atoms with van der Waals surface area (Å²) >= 11 is 6.48. The van der Waals surface area contributed by atoms with Crippen molar-refractivity contribution in [3.8, 4) is 17.6 Å². The Morgan fingerprint density at radius 2 is 1.74 bits per heavy atom. The van der Waals surface area contributed by atoms with E-state index in [0.717, 1.165) is 68.9 Å². The van der Waals surface area contributed by atoms with Gasteiger partial charge in [0.1, 0.15) is 24.0 Å². The molecule has 0 radical (unpaired) electrons. The van der Waals surface area contributed by atoms with Crippen LogP contribution >= 0.6 is 18.7 Å². The molecular formula is C48H56ClN10O6P. The highest BCUT2D eigenvalue weighted by Crippen LogP contribution is 2.39. The maximum absolute atomic E-state index is 13.1. The zero-order valence-corrected chi connectivity index (χ0v) is 39.2. The first-order valence-corrected chi connectivity index (χ1v) is 25.4. The summed E-state index contributed by atoms with van der Waals surface area (Å²) in [5.74, 6) is 6.83. The van der Waals surface area contributed by atoms with Gasteiger partial charge in [0.25, 0.3) is 5.91 Å². The number of nitrogens with zero attached hydrogens (tertiary/aromatic N) is 6. The van der Waals surface area contributed by atoms with E-state index in [-0.39, 0.29) is 30.7 Å². The maximum atomic E-state index is 13.1. The summed E-state index contributed by atoms with van der Waals surface area (Å²) in [7, 11) is -0.914. The Labute approximate surface area is 390 Å². The molecular weight excluding hydrogens is 879 g/mol. The number of rotatable bonds is 14. The first kappa shape index (κ1) is 46.5. The van der Waals surface area contributed by atoms with Crippen molar-refractivity contribution < 1.29 is 28.5 Å². The van der Waals surface area contributed by atoms with Crippen molar-refractivity contribution in [2.45, 2.75) is 57.2 Å². The fourth-order valence-corrected chi connectivity index (χ4v) is 10.4. The first-order chi connectivity index (χ1) is 31.8. The molecule has 18 heteroatoms. The zero-order valence-electron chi connectivity index (χ0n) is 37.6. The molecule has 3 fully saturated rings. The highest BCUT2D eigenvalue weighted by atomic mass is 35.5. The molecule has 1 aromatic heterocycles. The predicted molar refractivity (Wildman–Crippen MR) is 257 cm³/mol. The van der Waals surface area contributed by atoms with Gasteiger partial charge in [-0.15, -0.1) is 0 Å². The van der Waals surface area contributed by atoms with Crippen molar-refractivity contribution in [1.82, 2.24) is 35.3 Å². The summed E-state index contributed by atoms with van der Waals surface area (Å²) < 4.78 is 18.7. The molecule has 3 aromatic carbocycles. The van der Waals surface area contributed by atoms with Gasteiger partial charge < -0.3 is 35.1 Å². The van der Waals surface area contributed by atoms with Crippen LogP contribution in [0.2, 0.25) is 5.02 Å². The lowest BCUT2D eigenvalue weighted by Gasteiger charge is -2.43. The summed E-state index contributed by atoms with van der Waals surface area (Å²) in [6.45, 7) is 10.0. The average Bonchev–Trinajstić information content (AvgIpc) is 3.64. The molecule has 1 unspecified atom stereocenters. The molecule has 4 aliphatic heterocycles. The van der Waals surface area contributed by atoms with Crippen LogP contribution in [0.3, 0.4) is 0 Å². The topological polar surface area (TPSA) is 181 Å². The Balaban J connectivity index is 0.745. The van der Waals surface area contributed by atoms with Gasteiger partial charge >= 0.3 is 0 Å². The van der Waals surface area contributed by atoms with Crippen LogP contribution < -0.4 is 36.2 Å². The number of fused-ring (bicyclic) bond motifs is 1. The number of benzene rings is 3. The van der Waals surface area contributed by atoms with Crippen molar-refractivity contribution in [1.29, 1.82) is 0 Å². The van der Waals surface area contributed by atoms with Gasteiger partial charge in [-0.3, -0.25) is 34.3 Å². The quantitative estimate of drug-likeness (QED) is 0.0564. The van der Waals surface area contributed by atoms with Crippen LogP contribution in [-0.4, -0.2) is 133 Å². The molecule has 66 heavy (non-hydrogen) atoms. The van der Waals surface area contributed by atoms with Crippen molar-refractivity contribution in [2.24, 2.45) is 0 Å². The molecule has 0 saturated carbocycles. The van der Waals surface area contributed by atoms with E-state index in [2.05, 4.69) is 63.8 Å². The Hall–Kier alpha value is -5.98. The summed E-state index contributed by atoms with van der Waals surface area (Å²) in [4.78, 5) is 67.7. The number of nitrogens with one attached hydrogen (secondary N) is 4. The average molecular weight is 935 g/mol. The number of piperazine rings is 1. The summed E-state index contributed by atoms with van der Waals surface area (Å²) in [6.07, 6.45) is 5.42. The van der Waals surface area contributed by atoms with Gasteiger partial charge in [0.05, 0.1) is 31.2 Å². The number of hydrogen-bond acceptors (Lipinski definition) is 13. The van der Waals surface area contributed by atoms with Gasteiger partial charge in [0, 0.05) is 99.4 Å². The molecule has 8 rings (SSSR count). The van der Waals surface area contributed by atoms with Gasteiger partial charge in [-0.05, 0) is 81.0 Å². The molecule has 0 aliphatic carbocycles. The Morgan fingerprint density at radius 3 is 2.50 bits per heavy atom. The second-order valence-corrected chi connectivity index (χ2v) is 21.0. The lowest BCUT2D eigenvalue weighted by Crippen LogP contribution is -2.54. The normalized spacial score (nSPS) is 18.3. The monoisotopic (exact) mass is 934 g/mol. The molecule has 4 amide bonds. The fraction of sp³-hybridized carbons (Fsp3) is 0.417. The molecule has 0 spiro atoms. The SMILES string of the molecule is COc1cc(N2CCC(N3CCN(CC(=O)NCCCC#Cc4cccc5c4CN(C4CCC(=O)NC4=O)C5=O)CC3)CC2)ccc1Nc1ncc(Cl)c(Nc2ccccc2P(C)(C)=O)n1. The highest BCUT2D eigenvalue weighted by Gasteiger charge is 2.40. The van der Waals surface area contributed by atoms with Crippen LogP contribution in [0.1, 0.15) is 60.0 Å². The van der Waals surface area contributed by atoms with E-state index in [1.807, 2.05) is 42.5 Å². The number of halogens is 1. The molecule has 1 atom stereocenters. The number of aromatic nitrogens is 2. The van der Waals surface area contributed by atoms with Crippen molar-refractivity contribution in [3.63, 3.8) is 0 Å². The van der Waals surface area contributed by atoms with Crippen LogP contribution in [0.5, 0.6) is 5.75 Å². The van der Waals surface area contributed by atoms with Gasteiger partial charge in [-0.25, -0.2) is 4.98 Å². The molecule has 4 aromatic rings. The van der Waals surface area contributed by atoms with Gasteiger partial charge in [-0.1, -0.05) is 41.6 Å². The van der Waals surface area contributed by atoms with Gasteiger partial charge in [-0.2, -0.15) is 4.98 Å². The van der Waals surface area contributed by atoms with E-state index in [9.17, 15) is 23.7 Å². The first-order valence-electron chi connectivity index (χ1n) is 22.5. The summed E-state index contributed by atoms with van der Waals surface area (Å²) in [5.41, 5.74) is 4.57. The highest BCUT2D eigenvalue weighted by molar-refractivity contribution is 7.70. The molecule has 346 valence electrons. The molecule has 5 heterocycles. The van der Waals surface area contributed by atoms with E-state index in [1.165, 1.54) is 11.1 Å². The van der Waals surface area contributed by atoms with Crippen LogP contribution in [-0.2, 0) is 25.5 Å². The number of para-hydroxylation sites is 1. The van der Waals surface area contributed by atoms with Crippen molar-refractivity contribution in [2.75, 3.05) is 88.3 Å². The second kappa shape index (κ2) is 20.7. The number of anilines is 5. The molecule has 3 saturated heterocycles. The van der Waals surface area contributed by atoms with E-state index >= 15 is 0 Å². The Bertz CT molecular complexity index is 2600. The molecule has 0 bridgehead atoms. The third kappa shape index (κ3) is 11.0. The summed E-state index contributed by atoms with van der Waals surface area (Å²) in [6, 6.07) is 18.8. The van der Waals surface area contributed by atoms with Crippen LogP contribution in [0.4, 0.5) is 28.8 Å². The van der Waals surface area contributed by atoms with E-state index in [1.54, 1.807) is 32.6 Å². The van der Waals surface area contributed by atoms with Crippen molar-refractivity contribution >= 4 is 76.5 Å². The molecule has 4 aliphatic rings. The maximum Gasteiger partial charge on any atom is 0.255 e. The third-order valence-electron chi connectivity index (χ3n) is 12.6. The third-order valence-corrected chi connectivity index (χ3v) is 14.5. The van der Waals surface area contributed by atoms with E-state index in [4.69, 9.17) is 16.3 Å². The van der Waals surface area contributed by atoms with Crippen LogP contribution in [0.25, 0.3) is 0 Å². The summed E-state index contributed by atoms with van der Waals surface area (Å²) in [5, 5.41) is 12.9. The van der Waals surface area contributed by atoms with Crippen LogP contribution in [0.15, 0.2) is 66.9 Å². The minimum absolute atomic E-state index is 0.0142. The number of unbranched alkanes of at least 4 members (excludes halogenated alkanes) is 1. The number of carbonyl (C=O) groups is 4. The molecule has 16 nitrogen and oxygen atoms in total. The minimum atomic E-state index is -2.56. The van der Waals surface area contributed by atoms with Gasteiger partial charge in [0.2, 0.25) is 23.7 Å². The zero-order chi connectivity index (χ0) is 46.4. The number of methoxy groups -OCH3 is 1. The molecule has 4 N–H and O–H groups in total. The Morgan fingerprint density at radius 1 is 0.955 bits per heavy atom. The number of amides is 4. The van der Waals surface area contributed by atoms with E-state index < -0.39 is 19.1 Å². The van der Waals surface area contributed by atoms with Crippen LogP contribution in [0, 0.1) is 11.8 Å². The predicted octanol–water partition coefficient (Wildman–Crippen LogP) is 5.17. The number of piperidine rings is 2. The minimum Gasteiger partial charge on any atom is -0.494 e. The van der Waals surface area contributed by atoms with E-state index in [0.29, 0.717) is 83.2 Å². The standard InChI is InChI=1S/C48H56ClN10O6P/c1-65-41-28-34(15-16-38(41)53-48-51-29-37(49)45(55-48)52-39-13-6-7-14-42(39)66(2,3)64)57-22-19-33(20-23-57)58-26-24-56(25-27-58)31-44(61)50-21-8-4-5-10-32-11-9-12-35-36(32)30-59(47(35)63)40-17-18-43(60)54-46(40)62/h6-7,9,11-16,28-29,33,40H,4,8,17-27,30-31H2,1-3H3,(H,50,61)(H,54,60,62)(H2,51,52,53,55). The number of ether oxygens (including phenoxy) is 1.